The number of carbonyl (C=O) groups excluding carboxylic acids is 1. The smallest absolute Gasteiger partial charge is 0.337 e. The maximum absolute atomic E-state index is 11.8. The fraction of sp³-hybridized carbons (Fsp3) is 0. The summed E-state index contributed by atoms with van der Waals surface area (Å²) in [5, 5.41) is 26.2. The number of anilines is 1. The highest BCUT2D eigenvalue weighted by Gasteiger charge is 2.15. The van der Waals surface area contributed by atoms with Crippen molar-refractivity contribution in [3.63, 3.8) is 0 Å². The zero-order valence-corrected chi connectivity index (χ0v) is 9.95. The molecule has 8 nitrogen and oxygen atoms in total. The Kier molecular flexibility index (Phi) is 3.47. The van der Waals surface area contributed by atoms with Crippen LogP contribution in [0.5, 0.6) is 5.75 Å². The Hall–Kier alpha value is -3.16. The molecule has 20 heavy (non-hydrogen) atoms. The number of H-pyrrole nitrogens is 1. The lowest BCUT2D eigenvalue weighted by molar-refractivity contribution is 0.0697. The third-order valence-electron chi connectivity index (χ3n) is 2.39. The number of carboxylic acid groups (broad SMARTS) is 1. The Bertz CT molecular complexity index is 718. The van der Waals surface area contributed by atoms with Crippen molar-refractivity contribution in [1.82, 2.24) is 10.2 Å². The second-order valence-electron chi connectivity index (χ2n) is 3.80. The summed E-state index contributed by atoms with van der Waals surface area (Å²) in [5.41, 5.74) is -0.789. The quantitative estimate of drug-likeness (QED) is 0.600. The van der Waals surface area contributed by atoms with Crippen LogP contribution in [-0.2, 0) is 0 Å². The Morgan fingerprint density at radius 3 is 2.55 bits per heavy atom. The Morgan fingerprint density at radius 2 is 1.95 bits per heavy atom. The Morgan fingerprint density at radius 1 is 1.20 bits per heavy atom. The van der Waals surface area contributed by atoms with Crippen molar-refractivity contribution in [2.45, 2.75) is 0 Å². The number of amides is 1. The van der Waals surface area contributed by atoms with E-state index in [1.54, 1.807) is 0 Å². The average Bonchev–Trinajstić information content (AvgIpc) is 2.41. The van der Waals surface area contributed by atoms with Crippen molar-refractivity contribution in [3.8, 4) is 5.75 Å². The number of phenolic OH excluding ortho intramolecular Hbond substituents is 1. The summed E-state index contributed by atoms with van der Waals surface area (Å²) >= 11 is 0. The van der Waals surface area contributed by atoms with Crippen molar-refractivity contribution < 1.29 is 19.8 Å². The van der Waals surface area contributed by atoms with Crippen LogP contribution in [0.4, 0.5) is 5.69 Å². The summed E-state index contributed by atoms with van der Waals surface area (Å²) in [5.74, 6) is -2.22. The van der Waals surface area contributed by atoms with Crippen LogP contribution in [0, 0.1) is 0 Å². The molecule has 0 atom stereocenters. The molecule has 2 rings (SSSR count). The van der Waals surface area contributed by atoms with Crippen molar-refractivity contribution >= 4 is 17.6 Å². The molecule has 0 saturated heterocycles. The van der Waals surface area contributed by atoms with Crippen LogP contribution in [-0.4, -0.2) is 32.3 Å². The highest BCUT2D eigenvalue weighted by molar-refractivity contribution is 6.06. The number of aromatic amines is 1. The van der Waals surface area contributed by atoms with Crippen LogP contribution in [0.2, 0.25) is 0 Å². The molecule has 1 aromatic heterocycles. The van der Waals surface area contributed by atoms with Gasteiger partial charge in [-0.15, -0.1) is 0 Å². The number of aromatic hydroxyl groups is 1. The normalized spacial score (nSPS) is 10.0. The number of nitrogens with zero attached hydrogens (tertiary/aromatic N) is 1. The highest BCUT2D eigenvalue weighted by atomic mass is 16.4. The molecule has 0 bridgehead atoms. The van der Waals surface area contributed by atoms with E-state index in [-0.39, 0.29) is 22.7 Å². The molecule has 1 aromatic carbocycles. The third kappa shape index (κ3) is 2.80. The van der Waals surface area contributed by atoms with Gasteiger partial charge in [-0.3, -0.25) is 9.59 Å². The molecule has 1 amide bonds. The van der Waals surface area contributed by atoms with Crippen LogP contribution in [0.1, 0.15) is 20.8 Å². The number of carboxylic acids is 1. The van der Waals surface area contributed by atoms with Gasteiger partial charge in [-0.05, 0) is 24.3 Å². The van der Waals surface area contributed by atoms with Gasteiger partial charge in [0.05, 0.1) is 11.3 Å². The van der Waals surface area contributed by atoms with Crippen LogP contribution in [0.15, 0.2) is 35.1 Å². The Balaban J connectivity index is 2.30. The number of rotatable bonds is 3. The molecular formula is C12H9N3O5. The standard InChI is InChI=1S/C12H9N3O5/c16-6-1-2-8(7(5-6)12(19)20)13-11(18)9-3-4-10(17)15-14-9/h1-5,16H,(H,13,18)(H,15,17)(H,19,20). The number of aromatic nitrogens is 2. The number of phenols is 1. The fourth-order valence-electron chi connectivity index (χ4n) is 1.48. The van der Waals surface area contributed by atoms with Gasteiger partial charge in [0, 0.05) is 6.07 Å². The molecule has 8 heteroatoms. The predicted molar refractivity (Wildman–Crippen MR) is 67.9 cm³/mol. The Labute approximate surface area is 111 Å². The summed E-state index contributed by atoms with van der Waals surface area (Å²) in [6.45, 7) is 0. The van der Waals surface area contributed by atoms with Gasteiger partial charge in [-0.1, -0.05) is 0 Å². The highest BCUT2D eigenvalue weighted by Crippen LogP contribution is 2.21. The van der Waals surface area contributed by atoms with E-state index in [1.807, 2.05) is 0 Å². The number of hydrogen-bond acceptors (Lipinski definition) is 5. The van der Waals surface area contributed by atoms with Crippen LogP contribution < -0.4 is 10.9 Å². The van der Waals surface area contributed by atoms with E-state index in [4.69, 9.17) is 5.11 Å². The first-order valence-corrected chi connectivity index (χ1v) is 5.41. The van der Waals surface area contributed by atoms with Gasteiger partial charge in [0.25, 0.3) is 11.5 Å². The average molecular weight is 275 g/mol. The van der Waals surface area contributed by atoms with Crippen LogP contribution >= 0.6 is 0 Å². The van der Waals surface area contributed by atoms with E-state index in [0.717, 1.165) is 12.1 Å². The molecule has 0 fully saturated rings. The molecule has 0 aliphatic carbocycles. The summed E-state index contributed by atoms with van der Waals surface area (Å²) in [6, 6.07) is 5.83. The minimum absolute atomic E-state index is 0.00769. The van der Waals surface area contributed by atoms with Crippen molar-refractivity contribution in [3.05, 3.63) is 51.9 Å². The van der Waals surface area contributed by atoms with Crippen molar-refractivity contribution in [2.75, 3.05) is 5.32 Å². The van der Waals surface area contributed by atoms with E-state index in [9.17, 15) is 19.5 Å². The van der Waals surface area contributed by atoms with Gasteiger partial charge < -0.3 is 15.5 Å². The number of nitrogens with one attached hydrogen (secondary N) is 2. The predicted octanol–water partition coefficient (Wildman–Crippen LogP) is 0.426. The third-order valence-corrected chi connectivity index (χ3v) is 2.39. The van der Waals surface area contributed by atoms with E-state index in [0.29, 0.717) is 0 Å². The zero-order valence-electron chi connectivity index (χ0n) is 9.95. The van der Waals surface area contributed by atoms with E-state index in [2.05, 4.69) is 15.5 Å². The topological polar surface area (TPSA) is 132 Å². The van der Waals surface area contributed by atoms with E-state index in [1.165, 1.54) is 18.2 Å². The first kappa shape index (κ1) is 13.3. The van der Waals surface area contributed by atoms with Crippen molar-refractivity contribution in [2.24, 2.45) is 0 Å². The molecule has 102 valence electrons. The monoisotopic (exact) mass is 275 g/mol. The van der Waals surface area contributed by atoms with Gasteiger partial charge in [0.15, 0.2) is 0 Å². The van der Waals surface area contributed by atoms with Crippen LogP contribution in [0.3, 0.4) is 0 Å². The van der Waals surface area contributed by atoms with Crippen LogP contribution in [0.25, 0.3) is 0 Å². The molecule has 0 radical (unpaired) electrons. The fourth-order valence-corrected chi connectivity index (χ4v) is 1.48. The van der Waals surface area contributed by atoms with Gasteiger partial charge >= 0.3 is 5.97 Å². The number of aromatic carboxylic acids is 1. The molecule has 0 aliphatic rings. The van der Waals surface area contributed by atoms with Crippen molar-refractivity contribution in [1.29, 1.82) is 0 Å². The lowest BCUT2D eigenvalue weighted by atomic mass is 10.1. The SMILES string of the molecule is O=C(Nc1ccc(O)cc1C(=O)O)c1ccc(=O)[nH]n1. The molecule has 0 spiro atoms. The second kappa shape index (κ2) is 5.22. The number of carbonyl (C=O) groups is 2. The van der Waals surface area contributed by atoms with Gasteiger partial charge in [0.2, 0.25) is 0 Å². The first-order chi connectivity index (χ1) is 9.47. The minimum atomic E-state index is -1.30. The molecule has 1 heterocycles. The molecule has 0 saturated carbocycles. The number of benzene rings is 1. The molecule has 4 N–H and O–H groups in total. The lowest BCUT2D eigenvalue weighted by Crippen LogP contribution is -2.18. The molecule has 2 aromatic rings. The number of hydrogen-bond donors (Lipinski definition) is 4. The minimum Gasteiger partial charge on any atom is -0.508 e. The maximum atomic E-state index is 11.8. The molecular weight excluding hydrogens is 266 g/mol. The largest absolute Gasteiger partial charge is 0.508 e. The first-order valence-electron chi connectivity index (χ1n) is 5.41. The summed E-state index contributed by atoms with van der Waals surface area (Å²) in [4.78, 5) is 33.7. The second-order valence-corrected chi connectivity index (χ2v) is 3.80. The van der Waals surface area contributed by atoms with Gasteiger partial charge in [-0.2, -0.15) is 5.10 Å². The summed E-state index contributed by atoms with van der Waals surface area (Å²) < 4.78 is 0. The van der Waals surface area contributed by atoms with Gasteiger partial charge in [-0.25, -0.2) is 9.89 Å². The molecule has 0 aliphatic heterocycles. The summed E-state index contributed by atoms with van der Waals surface area (Å²) in [6.07, 6.45) is 0. The zero-order chi connectivity index (χ0) is 14.7. The maximum Gasteiger partial charge on any atom is 0.337 e. The lowest BCUT2D eigenvalue weighted by Gasteiger charge is -2.08. The van der Waals surface area contributed by atoms with E-state index < -0.39 is 17.4 Å². The van der Waals surface area contributed by atoms with E-state index >= 15 is 0 Å². The van der Waals surface area contributed by atoms with Gasteiger partial charge in [0.1, 0.15) is 11.4 Å². The molecule has 0 unspecified atom stereocenters. The summed E-state index contributed by atoms with van der Waals surface area (Å²) in [7, 11) is 0.